The number of carbonyl (C=O) groups is 1. The van der Waals surface area contributed by atoms with Gasteiger partial charge in [-0.3, -0.25) is 4.68 Å². The summed E-state index contributed by atoms with van der Waals surface area (Å²) in [5.74, 6) is 0. The van der Waals surface area contributed by atoms with Crippen LogP contribution in [0.25, 0.3) is 0 Å². The molecule has 5 heteroatoms. The Morgan fingerprint density at radius 2 is 2.50 bits per heavy atom. The maximum absolute atomic E-state index is 10.3. The molecule has 0 aliphatic carbocycles. The lowest BCUT2D eigenvalue weighted by Crippen LogP contribution is -2.28. The predicted molar refractivity (Wildman–Crippen MR) is 41.4 cm³/mol. The lowest BCUT2D eigenvalue weighted by molar-refractivity contribution is -0.122. The molecule has 1 rings (SSSR count). The van der Waals surface area contributed by atoms with E-state index < -0.39 is 5.60 Å². The van der Waals surface area contributed by atoms with Crippen molar-refractivity contribution in [1.29, 1.82) is 0 Å². The monoisotopic (exact) mass is 169 g/mol. The zero-order chi connectivity index (χ0) is 9.19. The zero-order valence-electron chi connectivity index (χ0n) is 7.06. The molecule has 5 nitrogen and oxygen atoms in total. The number of hydrogen-bond acceptors (Lipinski definition) is 4. The number of aldehydes is 1. The van der Waals surface area contributed by atoms with Gasteiger partial charge in [0.25, 0.3) is 0 Å². The Morgan fingerprint density at radius 1 is 1.83 bits per heavy atom. The fraction of sp³-hybridized carbons (Fsp3) is 0.571. The number of hydrogen-bond donors (Lipinski definition) is 1. The number of aliphatic hydroxyl groups is 1. The van der Waals surface area contributed by atoms with E-state index in [0.29, 0.717) is 12.0 Å². The van der Waals surface area contributed by atoms with Gasteiger partial charge >= 0.3 is 0 Å². The van der Waals surface area contributed by atoms with Gasteiger partial charge in [-0.25, -0.2) is 0 Å². The van der Waals surface area contributed by atoms with Crippen molar-refractivity contribution in [3.05, 3.63) is 11.9 Å². The van der Waals surface area contributed by atoms with Gasteiger partial charge in [-0.1, -0.05) is 5.21 Å². The Morgan fingerprint density at radius 3 is 2.92 bits per heavy atom. The zero-order valence-corrected chi connectivity index (χ0v) is 7.06. The van der Waals surface area contributed by atoms with Gasteiger partial charge in [0.1, 0.15) is 5.60 Å². The highest BCUT2D eigenvalue weighted by molar-refractivity contribution is 5.61. The minimum Gasteiger partial charge on any atom is -0.382 e. The first-order valence-electron chi connectivity index (χ1n) is 3.57. The average molecular weight is 169 g/mol. The molecule has 0 bridgehead atoms. The van der Waals surface area contributed by atoms with Crippen molar-refractivity contribution in [3.63, 3.8) is 0 Å². The van der Waals surface area contributed by atoms with Crippen LogP contribution in [0.15, 0.2) is 6.20 Å². The van der Waals surface area contributed by atoms with Gasteiger partial charge < -0.3 is 9.90 Å². The van der Waals surface area contributed by atoms with Gasteiger partial charge in [-0.2, -0.15) is 0 Å². The summed E-state index contributed by atoms with van der Waals surface area (Å²) >= 11 is 0. The summed E-state index contributed by atoms with van der Waals surface area (Å²) in [5.41, 5.74) is -0.731. The quantitative estimate of drug-likeness (QED) is 0.608. The Balaban J connectivity index is 2.69. The van der Waals surface area contributed by atoms with Gasteiger partial charge in [0.05, 0.1) is 5.69 Å². The Bertz CT molecular complexity index is 280. The second kappa shape index (κ2) is 3.02. The molecule has 0 saturated heterocycles. The molecule has 66 valence electrons. The highest BCUT2D eigenvalue weighted by Crippen LogP contribution is 2.06. The standard InChI is InChI=1S/C7H11N3O2/c1-7(12,5-11)3-6-4-10(2)9-8-6/h4-5,12H,3H2,1-2H3. The molecule has 0 radical (unpaired) electrons. The summed E-state index contributed by atoms with van der Waals surface area (Å²) in [7, 11) is 1.73. The molecule has 1 aromatic rings. The van der Waals surface area contributed by atoms with Gasteiger partial charge in [0.15, 0.2) is 6.29 Å². The summed E-state index contributed by atoms with van der Waals surface area (Å²) in [4.78, 5) is 10.3. The fourth-order valence-corrected chi connectivity index (χ4v) is 0.885. The van der Waals surface area contributed by atoms with E-state index in [-0.39, 0.29) is 6.42 Å². The first-order chi connectivity index (χ1) is 5.53. The predicted octanol–water partition coefficient (Wildman–Crippen LogP) is -0.693. The van der Waals surface area contributed by atoms with Crippen molar-refractivity contribution in [1.82, 2.24) is 15.0 Å². The summed E-state index contributed by atoms with van der Waals surface area (Å²) in [6.45, 7) is 1.44. The summed E-state index contributed by atoms with van der Waals surface area (Å²) < 4.78 is 1.52. The minimum absolute atomic E-state index is 0.199. The third-order valence-corrected chi connectivity index (χ3v) is 1.44. The van der Waals surface area contributed by atoms with Crippen LogP contribution >= 0.6 is 0 Å². The van der Waals surface area contributed by atoms with E-state index in [2.05, 4.69) is 10.3 Å². The number of nitrogens with zero attached hydrogens (tertiary/aromatic N) is 3. The smallest absolute Gasteiger partial charge is 0.151 e. The highest BCUT2D eigenvalue weighted by atomic mass is 16.3. The third-order valence-electron chi connectivity index (χ3n) is 1.44. The topological polar surface area (TPSA) is 68.0 Å². The van der Waals surface area contributed by atoms with E-state index in [9.17, 15) is 9.90 Å². The van der Waals surface area contributed by atoms with Crippen LogP contribution in [0.5, 0.6) is 0 Å². The maximum atomic E-state index is 10.3. The van der Waals surface area contributed by atoms with E-state index in [4.69, 9.17) is 0 Å². The first-order valence-corrected chi connectivity index (χ1v) is 3.57. The summed E-state index contributed by atoms with van der Waals surface area (Å²) in [5, 5.41) is 16.8. The molecule has 0 aliphatic heterocycles. The highest BCUT2D eigenvalue weighted by Gasteiger charge is 2.21. The van der Waals surface area contributed by atoms with Crippen LogP contribution in [0.3, 0.4) is 0 Å². The first kappa shape index (κ1) is 8.86. The van der Waals surface area contributed by atoms with Gasteiger partial charge in [-0.05, 0) is 6.92 Å². The summed E-state index contributed by atoms with van der Waals surface area (Å²) in [6, 6.07) is 0. The van der Waals surface area contributed by atoms with Crippen molar-refractivity contribution >= 4 is 6.29 Å². The number of aromatic nitrogens is 3. The maximum Gasteiger partial charge on any atom is 0.151 e. The molecule has 1 atom stereocenters. The van der Waals surface area contributed by atoms with E-state index >= 15 is 0 Å². The van der Waals surface area contributed by atoms with Crippen molar-refractivity contribution in [3.8, 4) is 0 Å². The molecule has 1 aromatic heterocycles. The lowest BCUT2D eigenvalue weighted by atomic mass is 10.0. The number of carbonyl (C=O) groups excluding carboxylic acids is 1. The van der Waals surface area contributed by atoms with E-state index in [1.165, 1.54) is 11.6 Å². The van der Waals surface area contributed by atoms with Crippen LogP contribution in [-0.4, -0.2) is 32.0 Å². The molecule has 12 heavy (non-hydrogen) atoms. The average Bonchev–Trinajstić information content (AvgIpc) is 2.35. The van der Waals surface area contributed by atoms with Crippen LogP contribution in [0.4, 0.5) is 0 Å². The molecular formula is C7H11N3O2. The SMILES string of the molecule is Cn1cc(CC(C)(O)C=O)nn1. The second-order valence-electron chi connectivity index (χ2n) is 3.04. The molecule has 1 unspecified atom stereocenters. The van der Waals surface area contributed by atoms with Crippen LogP contribution in [0, 0.1) is 0 Å². The Labute approximate surface area is 70.0 Å². The fourth-order valence-electron chi connectivity index (χ4n) is 0.885. The van der Waals surface area contributed by atoms with Crippen molar-refractivity contribution < 1.29 is 9.90 Å². The largest absolute Gasteiger partial charge is 0.382 e. The molecule has 0 saturated carbocycles. The molecule has 0 aromatic carbocycles. The second-order valence-corrected chi connectivity index (χ2v) is 3.04. The van der Waals surface area contributed by atoms with Crippen molar-refractivity contribution in [2.75, 3.05) is 0 Å². The van der Waals surface area contributed by atoms with Crippen LogP contribution < -0.4 is 0 Å². The number of aryl methyl sites for hydroxylation is 1. The van der Waals surface area contributed by atoms with Crippen molar-refractivity contribution in [2.45, 2.75) is 18.9 Å². The van der Waals surface area contributed by atoms with Crippen LogP contribution in [0.1, 0.15) is 12.6 Å². The Hall–Kier alpha value is -1.23. The Kier molecular flexibility index (Phi) is 2.23. The molecule has 1 N–H and O–H groups in total. The molecule has 1 heterocycles. The van der Waals surface area contributed by atoms with Crippen molar-refractivity contribution in [2.24, 2.45) is 7.05 Å². The molecule has 0 fully saturated rings. The van der Waals surface area contributed by atoms with Gasteiger partial charge in [0.2, 0.25) is 0 Å². The normalized spacial score (nSPS) is 15.6. The molecule has 0 aliphatic rings. The minimum atomic E-state index is -1.34. The van der Waals surface area contributed by atoms with Crippen LogP contribution in [0.2, 0.25) is 0 Å². The number of rotatable bonds is 3. The lowest BCUT2D eigenvalue weighted by Gasteiger charge is -2.12. The van der Waals surface area contributed by atoms with Crippen LogP contribution in [-0.2, 0) is 18.3 Å². The van der Waals surface area contributed by atoms with Gasteiger partial charge in [-0.15, -0.1) is 5.10 Å². The van der Waals surface area contributed by atoms with E-state index in [0.717, 1.165) is 0 Å². The van der Waals surface area contributed by atoms with E-state index in [1.807, 2.05) is 0 Å². The van der Waals surface area contributed by atoms with Gasteiger partial charge in [0, 0.05) is 19.7 Å². The molecular weight excluding hydrogens is 158 g/mol. The summed E-state index contributed by atoms with van der Waals surface area (Å²) in [6.07, 6.45) is 2.37. The van der Waals surface area contributed by atoms with E-state index in [1.54, 1.807) is 13.2 Å². The molecule has 0 amide bonds. The molecule has 0 spiro atoms. The third kappa shape index (κ3) is 2.13.